The minimum absolute atomic E-state index is 0.530. The molecule has 4 aromatic carbocycles. The summed E-state index contributed by atoms with van der Waals surface area (Å²) < 4.78 is 6.41. The molecule has 0 atom stereocenters. The van der Waals surface area contributed by atoms with Crippen LogP contribution in [0.15, 0.2) is 121 Å². The normalized spacial score (nSPS) is 11.9. The number of ether oxygens (including phenoxy) is 1. The zero-order valence-electron chi connectivity index (χ0n) is 20.3. The van der Waals surface area contributed by atoms with Crippen molar-refractivity contribution in [2.24, 2.45) is 0 Å². The molecule has 0 spiro atoms. The highest BCUT2D eigenvalue weighted by Gasteiger charge is 2.16. The third-order valence-electron chi connectivity index (χ3n) is 7.23. The molecule has 0 aliphatic carbocycles. The van der Waals surface area contributed by atoms with Gasteiger partial charge in [-0.1, -0.05) is 84.9 Å². The third kappa shape index (κ3) is 3.31. The van der Waals surface area contributed by atoms with Gasteiger partial charge in [-0.3, -0.25) is 0 Å². The van der Waals surface area contributed by atoms with Gasteiger partial charge in [0.1, 0.15) is 5.75 Å². The van der Waals surface area contributed by atoms with Crippen molar-refractivity contribution in [2.75, 3.05) is 0 Å². The van der Waals surface area contributed by atoms with E-state index < -0.39 is 0 Å². The number of pyridine rings is 2. The van der Waals surface area contributed by atoms with Crippen LogP contribution in [0.3, 0.4) is 0 Å². The highest BCUT2D eigenvalue weighted by molar-refractivity contribution is 6.15. The Morgan fingerprint density at radius 2 is 1.18 bits per heavy atom. The third-order valence-corrected chi connectivity index (χ3v) is 7.23. The predicted molar refractivity (Wildman–Crippen MR) is 153 cm³/mol. The quantitative estimate of drug-likeness (QED) is 0.251. The lowest BCUT2D eigenvalue weighted by Gasteiger charge is -2.12. The second kappa shape index (κ2) is 8.15. The molecule has 0 saturated heterocycles. The number of rotatable bonds is 1. The number of hydrogen-bond acceptors (Lipinski definition) is 3. The molecule has 7 aromatic rings. The smallest absolute Gasteiger partial charge is 0.220 e. The van der Waals surface area contributed by atoms with Crippen molar-refractivity contribution in [3.63, 3.8) is 0 Å². The molecular weight excluding hydrogens is 466 g/mol. The van der Waals surface area contributed by atoms with Gasteiger partial charge in [0.25, 0.3) is 0 Å². The molecule has 0 fully saturated rings. The first-order valence-corrected chi connectivity index (χ1v) is 12.7. The van der Waals surface area contributed by atoms with Gasteiger partial charge in [0.2, 0.25) is 5.88 Å². The molecule has 1 aliphatic heterocycles. The number of nitrogens with one attached hydrogen (secondary N) is 1. The van der Waals surface area contributed by atoms with Gasteiger partial charge in [-0.15, -0.1) is 0 Å². The number of para-hydroxylation sites is 2. The Hall–Kier alpha value is -5.22. The van der Waals surface area contributed by atoms with E-state index in [-0.39, 0.29) is 0 Å². The van der Waals surface area contributed by atoms with Gasteiger partial charge in [-0.05, 0) is 47.0 Å². The summed E-state index contributed by atoms with van der Waals surface area (Å²) >= 11 is 0. The summed E-state index contributed by atoms with van der Waals surface area (Å²) in [7, 11) is 0. The molecule has 1 aliphatic rings. The molecule has 8 rings (SSSR count). The molecule has 178 valence electrons. The molecule has 8 bridgehead atoms. The Kier molecular flexibility index (Phi) is 4.49. The van der Waals surface area contributed by atoms with Crippen molar-refractivity contribution < 1.29 is 4.74 Å². The van der Waals surface area contributed by atoms with E-state index in [9.17, 15) is 0 Å². The van der Waals surface area contributed by atoms with Crippen LogP contribution in [0.1, 0.15) is 0 Å². The summed E-state index contributed by atoms with van der Waals surface area (Å²) in [5.74, 6) is 1.26. The van der Waals surface area contributed by atoms with Crippen LogP contribution < -0.4 is 4.74 Å². The molecule has 0 radical (unpaired) electrons. The summed E-state index contributed by atoms with van der Waals surface area (Å²) in [5.41, 5.74) is 10.0. The van der Waals surface area contributed by atoms with Crippen LogP contribution >= 0.6 is 0 Å². The number of nitrogens with zero attached hydrogens (tertiary/aromatic N) is 2. The van der Waals surface area contributed by atoms with Gasteiger partial charge in [0.05, 0.1) is 28.1 Å². The Labute approximate surface area is 219 Å². The van der Waals surface area contributed by atoms with Crippen LogP contribution in [0, 0.1) is 0 Å². The number of hydrogen-bond donors (Lipinski definition) is 1. The SMILES string of the molecule is c1ccc(-c2cc3nc(c2)-c2cccc(n2)-c2cccc4c2[nH]c2c(cccc24)-c2cccc(c2)O3)cc1. The molecule has 3 aromatic heterocycles. The van der Waals surface area contributed by atoms with E-state index in [1.54, 1.807) is 0 Å². The molecule has 38 heavy (non-hydrogen) atoms. The Morgan fingerprint density at radius 3 is 2.05 bits per heavy atom. The summed E-state index contributed by atoms with van der Waals surface area (Å²) in [5, 5.41) is 2.37. The first kappa shape index (κ1) is 20.9. The number of aromatic nitrogens is 3. The zero-order valence-corrected chi connectivity index (χ0v) is 20.3. The highest BCUT2D eigenvalue weighted by Crippen LogP contribution is 2.39. The lowest BCUT2D eigenvalue weighted by Crippen LogP contribution is -1.95. The van der Waals surface area contributed by atoms with Gasteiger partial charge >= 0.3 is 0 Å². The molecule has 4 nitrogen and oxygen atoms in total. The van der Waals surface area contributed by atoms with Gasteiger partial charge in [0, 0.05) is 28.0 Å². The van der Waals surface area contributed by atoms with Gasteiger partial charge in [0.15, 0.2) is 0 Å². The minimum atomic E-state index is 0.530. The van der Waals surface area contributed by atoms with E-state index in [1.807, 2.05) is 48.5 Å². The van der Waals surface area contributed by atoms with Crippen LogP contribution in [0.25, 0.3) is 66.7 Å². The summed E-state index contributed by atoms with van der Waals surface area (Å²) in [6.45, 7) is 0. The van der Waals surface area contributed by atoms with Gasteiger partial charge in [-0.2, -0.15) is 0 Å². The summed E-state index contributed by atoms with van der Waals surface area (Å²) in [4.78, 5) is 13.7. The standard InChI is InChI=1S/C34H21N3O/c1-2-8-21(9-3-1)23-19-31-30-17-7-16-29(35-30)28-15-6-14-27-26-13-5-12-25(33(26)37-34(27)28)22-10-4-11-24(18-22)38-32(20-23)36-31/h1-20,37H. The fraction of sp³-hybridized carbons (Fsp3) is 0. The van der Waals surface area contributed by atoms with Crippen molar-refractivity contribution in [2.45, 2.75) is 0 Å². The van der Waals surface area contributed by atoms with Crippen molar-refractivity contribution in [3.05, 3.63) is 121 Å². The zero-order chi connectivity index (χ0) is 25.1. The van der Waals surface area contributed by atoms with Crippen LogP contribution in [0.2, 0.25) is 0 Å². The Balaban J connectivity index is 1.46. The van der Waals surface area contributed by atoms with E-state index in [4.69, 9.17) is 14.7 Å². The van der Waals surface area contributed by atoms with Crippen LogP contribution in [-0.2, 0) is 0 Å². The number of benzene rings is 4. The fourth-order valence-electron chi connectivity index (χ4n) is 5.46. The van der Waals surface area contributed by atoms with Crippen molar-refractivity contribution in [1.29, 1.82) is 0 Å². The maximum Gasteiger partial charge on any atom is 0.220 e. The average Bonchev–Trinajstić information content (AvgIpc) is 3.36. The Bertz CT molecular complexity index is 2010. The Morgan fingerprint density at radius 1 is 0.474 bits per heavy atom. The number of aromatic amines is 1. The average molecular weight is 488 g/mol. The number of H-pyrrole nitrogens is 1. The van der Waals surface area contributed by atoms with Crippen molar-refractivity contribution >= 4 is 21.8 Å². The predicted octanol–water partition coefficient (Wildman–Crippen LogP) is 8.88. The maximum atomic E-state index is 6.41. The first-order valence-electron chi connectivity index (χ1n) is 12.7. The molecular formula is C34H21N3O. The second-order valence-electron chi connectivity index (χ2n) is 9.56. The topological polar surface area (TPSA) is 50.8 Å². The first-order chi connectivity index (χ1) is 18.8. The fourth-order valence-corrected chi connectivity index (χ4v) is 5.46. The van der Waals surface area contributed by atoms with E-state index >= 15 is 0 Å². The van der Waals surface area contributed by atoms with Gasteiger partial charge < -0.3 is 9.72 Å². The summed E-state index contributed by atoms with van der Waals surface area (Å²) in [6, 6.07) is 41.5. The molecule has 0 amide bonds. The second-order valence-corrected chi connectivity index (χ2v) is 9.56. The van der Waals surface area contributed by atoms with E-state index in [2.05, 4.69) is 77.8 Å². The van der Waals surface area contributed by atoms with E-state index in [0.29, 0.717) is 5.88 Å². The summed E-state index contributed by atoms with van der Waals surface area (Å²) in [6.07, 6.45) is 0. The van der Waals surface area contributed by atoms with E-state index in [0.717, 1.165) is 61.7 Å². The minimum Gasteiger partial charge on any atom is -0.439 e. The van der Waals surface area contributed by atoms with Crippen molar-refractivity contribution in [3.8, 4) is 56.5 Å². The molecule has 4 heteroatoms. The van der Waals surface area contributed by atoms with Crippen molar-refractivity contribution in [1.82, 2.24) is 15.0 Å². The van der Waals surface area contributed by atoms with Crippen LogP contribution in [0.5, 0.6) is 11.6 Å². The van der Waals surface area contributed by atoms with Crippen LogP contribution in [-0.4, -0.2) is 15.0 Å². The molecule has 4 heterocycles. The highest BCUT2D eigenvalue weighted by atomic mass is 16.5. The van der Waals surface area contributed by atoms with E-state index in [1.165, 1.54) is 10.8 Å². The van der Waals surface area contributed by atoms with Gasteiger partial charge in [-0.25, -0.2) is 9.97 Å². The lowest BCUT2D eigenvalue weighted by atomic mass is 10.0. The maximum absolute atomic E-state index is 6.41. The molecule has 0 saturated carbocycles. The van der Waals surface area contributed by atoms with Crippen LogP contribution in [0.4, 0.5) is 0 Å². The monoisotopic (exact) mass is 487 g/mol. The lowest BCUT2D eigenvalue weighted by molar-refractivity contribution is 0.464. The largest absolute Gasteiger partial charge is 0.439 e. The number of fused-ring (bicyclic) bond motifs is 10. The molecule has 0 unspecified atom stereocenters. The molecule has 1 N–H and O–H groups in total.